The SMILES string of the molecule is CCOC(=O)C(N)C(=O)N1CC(=O)NC(=O)C1(C)C. The summed E-state index contributed by atoms with van der Waals surface area (Å²) in [7, 11) is 0. The van der Waals surface area contributed by atoms with E-state index in [1.54, 1.807) is 6.92 Å². The van der Waals surface area contributed by atoms with Crippen molar-refractivity contribution >= 4 is 23.7 Å². The fourth-order valence-electron chi connectivity index (χ4n) is 1.64. The van der Waals surface area contributed by atoms with Gasteiger partial charge in [-0.2, -0.15) is 0 Å². The van der Waals surface area contributed by atoms with Gasteiger partial charge in [-0.3, -0.25) is 19.7 Å². The summed E-state index contributed by atoms with van der Waals surface area (Å²) in [5, 5.41) is 2.12. The second-order valence-electron chi connectivity index (χ2n) is 4.59. The molecule has 1 rings (SSSR count). The topological polar surface area (TPSA) is 119 Å². The molecular formula is C11H17N3O5. The first-order chi connectivity index (χ1) is 8.71. The number of hydrogen-bond donors (Lipinski definition) is 2. The first-order valence-electron chi connectivity index (χ1n) is 5.79. The van der Waals surface area contributed by atoms with Crippen LogP contribution in [0.3, 0.4) is 0 Å². The van der Waals surface area contributed by atoms with Crippen molar-refractivity contribution in [3.63, 3.8) is 0 Å². The van der Waals surface area contributed by atoms with E-state index in [2.05, 4.69) is 10.1 Å². The highest BCUT2D eigenvalue weighted by atomic mass is 16.5. The van der Waals surface area contributed by atoms with Crippen molar-refractivity contribution in [2.24, 2.45) is 5.73 Å². The van der Waals surface area contributed by atoms with Crippen LogP contribution in [0.25, 0.3) is 0 Å². The molecule has 8 nitrogen and oxygen atoms in total. The molecule has 0 bridgehead atoms. The largest absolute Gasteiger partial charge is 0.464 e. The molecule has 1 fully saturated rings. The van der Waals surface area contributed by atoms with E-state index >= 15 is 0 Å². The van der Waals surface area contributed by atoms with Crippen molar-refractivity contribution in [1.82, 2.24) is 10.2 Å². The van der Waals surface area contributed by atoms with Crippen molar-refractivity contribution in [2.75, 3.05) is 13.2 Å². The summed E-state index contributed by atoms with van der Waals surface area (Å²) in [6, 6.07) is -1.54. The van der Waals surface area contributed by atoms with Gasteiger partial charge in [-0.1, -0.05) is 0 Å². The van der Waals surface area contributed by atoms with Crippen LogP contribution in [0.15, 0.2) is 0 Å². The van der Waals surface area contributed by atoms with Gasteiger partial charge in [0.25, 0.3) is 11.8 Å². The van der Waals surface area contributed by atoms with Gasteiger partial charge in [0, 0.05) is 0 Å². The number of nitrogens with one attached hydrogen (secondary N) is 1. The number of rotatable bonds is 3. The Balaban J connectivity index is 2.93. The van der Waals surface area contributed by atoms with Gasteiger partial charge in [0.05, 0.1) is 6.61 Å². The Morgan fingerprint density at radius 1 is 1.47 bits per heavy atom. The summed E-state index contributed by atoms with van der Waals surface area (Å²) in [4.78, 5) is 47.5. The molecule has 0 aromatic heterocycles. The van der Waals surface area contributed by atoms with Crippen LogP contribution in [0.5, 0.6) is 0 Å². The molecule has 3 N–H and O–H groups in total. The van der Waals surface area contributed by atoms with Crippen molar-refractivity contribution in [3.05, 3.63) is 0 Å². The van der Waals surface area contributed by atoms with Gasteiger partial charge < -0.3 is 15.4 Å². The van der Waals surface area contributed by atoms with Crippen LogP contribution in [0, 0.1) is 0 Å². The van der Waals surface area contributed by atoms with E-state index in [4.69, 9.17) is 5.73 Å². The summed E-state index contributed by atoms with van der Waals surface area (Å²) in [6.45, 7) is 4.26. The predicted octanol–water partition coefficient (Wildman–Crippen LogP) is -1.86. The van der Waals surface area contributed by atoms with E-state index in [0.717, 1.165) is 4.90 Å². The van der Waals surface area contributed by atoms with Crippen LogP contribution in [0.1, 0.15) is 20.8 Å². The highest BCUT2D eigenvalue weighted by Gasteiger charge is 2.46. The van der Waals surface area contributed by atoms with E-state index in [1.165, 1.54) is 13.8 Å². The Bertz CT molecular complexity index is 432. The molecule has 1 saturated heterocycles. The third-order valence-corrected chi connectivity index (χ3v) is 2.86. The number of carbonyl (C=O) groups excluding carboxylic acids is 4. The number of carbonyl (C=O) groups is 4. The summed E-state index contributed by atoms with van der Waals surface area (Å²) in [5.74, 6) is -2.93. The van der Waals surface area contributed by atoms with Gasteiger partial charge >= 0.3 is 5.97 Å². The maximum Gasteiger partial charge on any atom is 0.332 e. The Kier molecular flexibility index (Phi) is 4.25. The quantitative estimate of drug-likeness (QED) is 0.353. The number of ether oxygens (including phenoxy) is 1. The van der Waals surface area contributed by atoms with E-state index in [-0.39, 0.29) is 13.2 Å². The lowest BCUT2D eigenvalue weighted by molar-refractivity contribution is -0.161. The molecule has 0 radical (unpaired) electrons. The zero-order chi connectivity index (χ0) is 14.8. The monoisotopic (exact) mass is 271 g/mol. The van der Waals surface area contributed by atoms with Crippen molar-refractivity contribution in [1.29, 1.82) is 0 Å². The molecule has 1 aliphatic rings. The zero-order valence-electron chi connectivity index (χ0n) is 11.1. The lowest BCUT2D eigenvalue weighted by Gasteiger charge is -2.40. The zero-order valence-corrected chi connectivity index (χ0v) is 11.1. The Morgan fingerprint density at radius 2 is 2.05 bits per heavy atom. The standard InChI is InChI=1S/C11H17N3O5/c1-4-19-9(17)7(12)8(16)14-5-6(15)13-10(18)11(14,2)3/h7H,4-5,12H2,1-3H3,(H,13,15,18). The molecule has 1 heterocycles. The fourth-order valence-corrected chi connectivity index (χ4v) is 1.64. The number of nitrogens with two attached hydrogens (primary N) is 1. The molecule has 19 heavy (non-hydrogen) atoms. The number of imide groups is 1. The smallest absolute Gasteiger partial charge is 0.332 e. The Labute approximate surface area is 110 Å². The van der Waals surface area contributed by atoms with E-state index in [1.807, 2.05) is 0 Å². The molecule has 0 aromatic rings. The highest BCUT2D eigenvalue weighted by molar-refractivity contribution is 6.10. The first-order valence-corrected chi connectivity index (χ1v) is 5.79. The number of nitrogens with zero attached hydrogens (tertiary/aromatic N) is 1. The summed E-state index contributed by atoms with van der Waals surface area (Å²) in [6.07, 6.45) is 0. The summed E-state index contributed by atoms with van der Waals surface area (Å²) >= 11 is 0. The molecule has 0 aliphatic carbocycles. The molecule has 0 saturated carbocycles. The average Bonchev–Trinajstić information content (AvgIpc) is 2.32. The molecular weight excluding hydrogens is 254 g/mol. The van der Waals surface area contributed by atoms with Crippen LogP contribution < -0.4 is 11.1 Å². The summed E-state index contributed by atoms with van der Waals surface area (Å²) in [5.41, 5.74) is 4.23. The molecule has 0 aromatic carbocycles. The normalized spacial score (nSPS) is 19.7. The third-order valence-electron chi connectivity index (χ3n) is 2.86. The van der Waals surface area contributed by atoms with Crippen molar-refractivity contribution < 1.29 is 23.9 Å². The maximum absolute atomic E-state index is 12.1. The minimum Gasteiger partial charge on any atom is -0.464 e. The minimum atomic E-state index is -1.54. The fraction of sp³-hybridized carbons (Fsp3) is 0.636. The molecule has 1 atom stereocenters. The van der Waals surface area contributed by atoms with Crippen LogP contribution in [0.2, 0.25) is 0 Å². The maximum atomic E-state index is 12.1. The van der Waals surface area contributed by atoms with Gasteiger partial charge in [0.1, 0.15) is 12.1 Å². The minimum absolute atomic E-state index is 0.0859. The van der Waals surface area contributed by atoms with Gasteiger partial charge in [-0.05, 0) is 20.8 Å². The van der Waals surface area contributed by atoms with Crippen LogP contribution in [-0.4, -0.2) is 53.3 Å². The van der Waals surface area contributed by atoms with Crippen molar-refractivity contribution in [2.45, 2.75) is 32.4 Å². The third kappa shape index (κ3) is 2.90. The lowest BCUT2D eigenvalue weighted by atomic mass is 9.97. The molecule has 3 amide bonds. The molecule has 1 unspecified atom stereocenters. The van der Waals surface area contributed by atoms with Gasteiger partial charge in [0.2, 0.25) is 5.91 Å². The molecule has 8 heteroatoms. The molecule has 1 aliphatic heterocycles. The van der Waals surface area contributed by atoms with Crippen LogP contribution in [0.4, 0.5) is 0 Å². The van der Waals surface area contributed by atoms with E-state index in [9.17, 15) is 19.2 Å². The predicted molar refractivity (Wildman–Crippen MR) is 63.6 cm³/mol. The molecule has 106 valence electrons. The Hall–Kier alpha value is -1.96. The lowest BCUT2D eigenvalue weighted by Crippen LogP contribution is -2.68. The van der Waals surface area contributed by atoms with E-state index in [0.29, 0.717) is 0 Å². The van der Waals surface area contributed by atoms with Gasteiger partial charge in [0.15, 0.2) is 6.04 Å². The van der Waals surface area contributed by atoms with Crippen LogP contribution in [-0.2, 0) is 23.9 Å². The Morgan fingerprint density at radius 3 is 2.58 bits per heavy atom. The number of amides is 3. The molecule has 0 spiro atoms. The van der Waals surface area contributed by atoms with Crippen LogP contribution >= 0.6 is 0 Å². The van der Waals surface area contributed by atoms with Gasteiger partial charge in [-0.25, -0.2) is 4.79 Å². The number of esters is 1. The second kappa shape index (κ2) is 5.35. The second-order valence-corrected chi connectivity index (χ2v) is 4.59. The summed E-state index contributed by atoms with van der Waals surface area (Å²) < 4.78 is 4.64. The number of hydrogen-bond acceptors (Lipinski definition) is 6. The average molecular weight is 271 g/mol. The number of piperazine rings is 1. The first kappa shape index (κ1) is 15.1. The highest BCUT2D eigenvalue weighted by Crippen LogP contribution is 2.19. The van der Waals surface area contributed by atoms with Crippen molar-refractivity contribution in [3.8, 4) is 0 Å². The van der Waals surface area contributed by atoms with E-state index < -0.39 is 35.3 Å². The van der Waals surface area contributed by atoms with Gasteiger partial charge in [-0.15, -0.1) is 0 Å².